The van der Waals surface area contributed by atoms with Gasteiger partial charge in [0.05, 0.1) is 6.26 Å². The second kappa shape index (κ2) is 18.4. The zero-order chi connectivity index (χ0) is 38.6. The average molecular weight is 743 g/mol. The van der Waals surface area contributed by atoms with Gasteiger partial charge in [-0.05, 0) is 64.9 Å². The maximum Gasteiger partial charge on any atom is 0.326 e. The lowest BCUT2D eigenvalue weighted by Crippen LogP contribution is -2.59. The molecule has 5 N–H and O–H groups in total. The number of hydrogen-bond donors (Lipinski definition) is 5. The first-order valence-electron chi connectivity index (χ1n) is 18.1. The maximum absolute atomic E-state index is 14.3. The number of hydrogen-bond acceptors (Lipinski definition) is 7. The number of aryl methyl sites for hydroxylation is 1. The smallest absolute Gasteiger partial charge is 0.326 e. The molecule has 0 radical (unpaired) electrons. The predicted molar refractivity (Wildman–Crippen MR) is 204 cm³/mol. The van der Waals surface area contributed by atoms with Crippen molar-refractivity contribution in [2.75, 3.05) is 6.61 Å². The van der Waals surface area contributed by atoms with Crippen LogP contribution in [-0.4, -0.2) is 65.5 Å². The highest BCUT2D eigenvalue weighted by Crippen LogP contribution is 2.20. The number of carboxylic acid groups (broad SMARTS) is 1. The molecular weight excluding hydrogens is 700 g/mol. The van der Waals surface area contributed by atoms with Crippen LogP contribution in [0.3, 0.4) is 0 Å². The van der Waals surface area contributed by atoms with Gasteiger partial charge in [-0.3, -0.25) is 19.2 Å². The molecule has 0 spiro atoms. The number of fused-ring (bicyclic) bond motifs is 16. The van der Waals surface area contributed by atoms with E-state index < -0.39 is 60.4 Å². The number of carbonyl (C=O) groups is 5. The van der Waals surface area contributed by atoms with E-state index in [2.05, 4.69) is 21.3 Å². The molecule has 282 valence electrons. The number of carboxylic acids is 1. The van der Waals surface area contributed by atoms with Crippen LogP contribution in [-0.2, 0) is 49.7 Å². The van der Waals surface area contributed by atoms with Crippen LogP contribution in [0.5, 0.6) is 5.75 Å². The predicted octanol–water partition coefficient (Wildman–Crippen LogP) is 4.02. The molecule has 2 bridgehead atoms. The molecule has 55 heavy (non-hydrogen) atoms. The van der Waals surface area contributed by atoms with Gasteiger partial charge < -0.3 is 35.5 Å². The first kappa shape index (κ1) is 38.0. The summed E-state index contributed by atoms with van der Waals surface area (Å²) in [7, 11) is 0. The standard InChI is InChI=1S/C43H42N4O8/c48-39-27-55-33-20-15-30(16-21-33)25-38(43(52)53)47-40(49)35(22-17-28-8-3-1-4-9-28)45-41(50)36(46-42(51)37(44-39)26-34-12-7-23-54-34)24-29-13-18-32(19-14-29)31-10-5-2-6-11-31/h1-16,18-21,23,35-38H,17,22,24-27H2,(H,44,48)(H,45,50)(H,46,51)(H,47,49)(H,52,53)/t35-,36+,37-,38-/m0/s1. The van der Waals surface area contributed by atoms with Crippen LogP contribution in [0, 0.1) is 0 Å². The van der Waals surface area contributed by atoms with Crippen LogP contribution >= 0.6 is 0 Å². The highest BCUT2D eigenvalue weighted by Gasteiger charge is 2.32. The van der Waals surface area contributed by atoms with Gasteiger partial charge in [0.1, 0.15) is 35.7 Å². The maximum atomic E-state index is 14.3. The summed E-state index contributed by atoms with van der Waals surface area (Å²) in [6.45, 7) is -0.421. The molecule has 0 aliphatic carbocycles. The molecule has 4 amide bonds. The Morgan fingerprint density at radius 3 is 1.89 bits per heavy atom. The van der Waals surface area contributed by atoms with Gasteiger partial charge in [0.25, 0.3) is 5.91 Å². The normalized spacial score (nSPS) is 19.7. The third-order valence-corrected chi connectivity index (χ3v) is 9.32. The van der Waals surface area contributed by atoms with E-state index in [1.165, 1.54) is 6.26 Å². The van der Waals surface area contributed by atoms with Crippen LogP contribution in [0.4, 0.5) is 0 Å². The van der Waals surface area contributed by atoms with Crippen LogP contribution in [0.1, 0.15) is 28.9 Å². The van der Waals surface area contributed by atoms with Crippen molar-refractivity contribution in [3.8, 4) is 16.9 Å². The van der Waals surface area contributed by atoms with E-state index in [-0.39, 0.29) is 25.7 Å². The summed E-state index contributed by atoms with van der Waals surface area (Å²) >= 11 is 0. The summed E-state index contributed by atoms with van der Waals surface area (Å²) < 4.78 is 11.2. The van der Waals surface area contributed by atoms with Gasteiger partial charge in [-0.1, -0.05) is 97.1 Å². The average Bonchev–Trinajstić information content (AvgIpc) is 3.72. The molecule has 0 unspecified atom stereocenters. The zero-order valence-corrected chi connectivity index (χ0v) is 30.0. The summed E-state index contributed by atoms with van der Waals surface area (Å²) in [6, 6.07) is 31.7. The number of nitrogens with one attached hydrogen (secondary N) is 4. The van der Waals surface area contributed by atoms with Gasteiger partial charge in [0, 0.05) is 19.3 Å². The van der Waals surface area contributed by atoms with Gasteiger partial charge in [-0.2, -0.15) is 0 Å². The minimum Gasteiger partial charge on any atom is -0.484 e. The van der Waals surface area contributed by atoms with Crippen molar-refractivity contribution in [3.05, 3.63) is 150 Å². The zero-order valence-electron chi connectivity index (χ0n) is 30.0. The molecule has 2 aliphatic rings. The number of furan rings is 1. The van der Waals surface area contributed by atoms with E-state index in [9.17, 15) is 29.1 Å². The first-order valence-corrected chi connectivity index (χ1v) is 18.1. The van der Waals surface area contributed by atoms with Crippen molar-refractivity contribution in [3.63, 3.8) is 0 Å². The van der Waals surface area contributed by atoms with E-state index >= 15 is 0 Å². The van der Waals surface area contributed by atoms with Crippen molar-refractivity contribution in [2.24, 2.45) is 0 Å². The van der Waals surface area contributed by atoms with Crippen LogP contribution in [0.15, 0.2) is 132 Å². The van der Waals surface area contributed by atoms with Crippen LogP contribution < -0.4 is 26.0 Å². The number of ether oxygens (including phenoxy) is 1. The minimum atomic E-state index is -1.32. The second-order valence-electron chi connectivity index (χ2n) is 13.4. The van der Waals surface area contributed by atoms with E-state index in [1.54, 1.807) is 36.4 Å². The van der Waals surface area contributed by atoms with Gasteiger partial charge in [0.15, 0.2) is 6.61 Å². The number of benzene rings is 4. The largest absolute Gasteiger partial charge is 0.484 e. The van der Waals surface area contributed by atoms with Crippen molar-refractivity contribution in [2.45, 2.75) is 56.3 Å². The molecule has 2 aliphatic heterocycles. The Kier molecular flexibility index (Phi) is 12.7. The minimum absolute atomic E-state index is 0.0158. The Morgan fingerprint density at radius 1 is 0.618 bits per heavy atom. The van der Waals surface area contributed by atoms with Crippen LogP contribution in [0.25, 0.3) is 11.1 Å². The Bertz CT molecular complexity index is 2050. The fourth-order valence-electron chi connectivity index (χ4n) is 6.33. The highest BCUT2D eigenvalue weighted by atomic mass is 16.5. The molecule has 5 aromatic rings. The Labute approximate surface area is 318 Å². The van der Waals surface area contributed by atoms with Crippen LogP contribution in [0.2, 0.25) is 0 Å². The molecule has 12 heteroatoms. The number of rotatable bonds is 9. The Morgan fingerprint density at radius 2 is 1.24 bits per heavy atom. The highest BCUT2D eigenvalue weighted by molar-refractivity contribution is 5.95. The summed E-state index contributed by atoms with van der Waals surface area (Å²) in [5.74, 6) is -3.09. The molecule has 0 fully saturated rings. The summed E-state index contributed by atoms with van der Waals surface area (Å²) in [6.07, 6.45) is 1.97. The lowest BCUT2D eigenvalue weighted by Gasteiger charge is -2.26. The Hall–Kier alpha value is -6.69. The lowest BCUT2D eigenvalue weighted by atomic mass is 9.99. The molecule has 0 saturated carbocycles. The molecule has 4 aromatic carbocycles. The van der Waals surface area contributed by atoms with Crippen molar-refractivity contribution in [1.82, 2.24) is 21.3 Å². The summed E-state index contributed by atoms with van der Waals surface area (Å²) in [5.41, 5.74) is 4.20. The number of amides is 4. The number of aliphatic carboxylic acids is 1. The molecule has 0 saturated heterocycles. The molecular formula is C43H42N4O8. The summed E-state index contributed by atoms with van der Waals surface area (Å²) in [5, 5.41) is 21.1. The first-order chi connectivity index (χ1) is 26.7. The molecule has 1 aromatic heterocycles. The van der Waals surface area contributed by atoms with E-state index in [4.69, 9.17) is 9.15 Å². The van der Waals surface area contributed by atoms with Gasteiger partial charge in [-0.25, -0.2) is 4.79 Å². The van der Waals surface area contributed by atoms with E-state index in [0.29, 0.717) is 23.5 Å². The fraction of sp³-hybridized carbons (Fsp3) is 0.233. The Balaban J connectivity index is 1.33. The molecule has 7 rings (SSSR count). The monoisotopic (exact) mass is 742 g/mol. The van der Waals surface area contributed by atoms with Crippen molar-refractivity contribution >= 4 is 29.6 Å². The summed E-state index contributed by atoms with van der Waals surface area (Å²) in [4.78, 5) is 67.8. The molecule has 3 heterocycles. The van der Waals surface area contributed by atoms with E-state index in [1.807, 2.05) is 84.9 Å². The molecule has 12 nitrogen and oxygen atoms in total. The van der Waals surface area contributed by atoms with Gasteiger partial charge in [0.2, 0.25) is 17.7 Å². The number of carbonyl (C=O) groups excluding carboxylic acids is 4. The second-order valence-corrected chi connectivity index (χ2v) is 13.4. The third kappa shape index (κ3) is 10.9. The quantitative estimate of drug-likeness (QED) is 0.141. The van der Waals surface area contributed by atoms with Gasteiger partial charge in [-0.15, -0.1) is 0 Å². The topological polar surface area (TPSA) is 176 Å². The fourth-order valence-corrected chi connectivity index (χ4v) is 6.33. The third-order valence-electron chi connectivity index (χ3n) is 9.32. The SMILES string of the molecule is O=C1COc2ccc(cc2)C[C@@H](C(=O)O)NC(=O)[C@H](CCc2ccccc2)NC(=O)[C@@H](Cc2ccc(-c3ccccc3)cc2)NC(=O)[C@H](Cc2ccco2)N1. The van der Waals surface area contributed by atoms with Gasteiger partial charge >= 0.3 is 5.97 Å². The molecule has 4 atom stereocenters. The van der Waals surface area contributed by atoms with Crippen molar-refractivity contribution in [1.29, 1.82) is 0 Å². The van der Waals surface area contributed by atoms with Crippen molar-refractivity contribution < 1.29 is 38.2 Å². The lowest BCUT2D eigenvalue weighted by molar-refractivity contribution is -0.142. The van der Waals surface area contributed by atoms with E-state index in [0.717, 1.165) is 22.3 Å².